The number of hydrogen-bond donors (Lipinski definition) is 0. The Hall–Kier alpha value is -3.81. The number of carbonyl (C=O) groups excluding carboxylic acids is 1. The Labute approximate surface area is 180 Å². The van der Waals surface area contributed by atoms with Gasteiger partial charge in [-0.05, 0) is 35.9 Å². The highest BCUT2D eigenvalue weighted by atomic mass is 16.5. The maximum atomic E-state index is 12.8. The Kier molecular flexibility index (Phi) is 5.88. The second kappa shape index (κ2) is 8.91. The molecule has 0 saturated carbocycles. The van der Waals surface area contributed by atoms with Gasteiger partial charge in [-0.15, -0.1) is 0 Å². The van der Waals surface area contributed by atoms with E-state index in [1.165, 1.54) is 0 Å². The summed E-state index contributed by atoms with van der Waals surface area (Å²) in [7, 11) is 4.99. The minimum Gasteiger partial charge on any atom is -0.493 e. The van der Waals surface area contributed by atoms with Crippen molar-refractivity contribution in [2.45, 2.75) is 13.0 Å². The normalized spacial score (nSPS) is 10.9. The minimum absolute atomic E-state index is 0.0696. The highest BCUT2D eigenvalue weighted by Gasteiger charge is 2.15. The predicted octanol–water partition coefficient (Wildman–Crippen LogP) is 3.40. The van der Waals surface area contributed by atoms with Crippen molar-refractivity contribution in [1.29, 1.82) is 0 Å². The maximum absolute atomic E-state index is 12.8. The topological polar surface area (TPSA) is 82.6 Å². The van der Waals surface area contributed by atoms with Crippen LogP contribution in [0.25, 0.3) is 11.1 Å². The Morgan fingerprint density at radius 3 is 2.71 bits per heavy atom. The summed E-state index contributed by atoms with van der Waals surface area (Å²) >= 11 is 0. The molecular weight excluding hydrogens is 396 g/mol. The number of imidazole rings is 1. The van der Waals surface area contributed by atoms with E-state index in [1.807, 2.05) is 35.0 Å². The van der Waals surface area contributed by atoms with Crippen LogP contribution in [0.15, 0.2) is 59.5 Å². The van der Waals surface area contributed by atoms with E-state index in [1.54, 1.807) is 50.8 Å². The second-order valence-corrected chi connectivity index (χ2v) is 7.18. The number of benzene rings is 2. The van der Waals surface area contributed by atoms with E-state index >= 15 is 0 Å². The van der Waals surface area contributed by atoms with Gasteiger partial charge in [0.15, 0.2) is 23.0 Å². The van der Waals surface area contributed by atoms with Crippen molar-refractivity contribution in [3.63, 3.8) is 0 Å². The molecule has 0 atom stereocenters. The van der Waals surface area contributed by atoms with Crippen molar-refractivity contribution in [3.05, 3.63) is 72.1 Å². The molecule has 0 fully saturated rings. The average Bonchev–Trinajstić information content (AvgIpc) is 3.45. The van der Waals surface area contributed by atoms with Gasteiger partial charge in [0, 0.05) is 44.5 Å². The Morgan fingerprint density at radius 1 is 1.13 bits per heavy atom. The lowest BCUT2D eigenvalue weighted by Crippen LogP contribution is -2.29. The van der Waals surface area contributed by atoms with Crippen molar-refractivity contribution in [2.75, 3.05) is 27.8 Å². The van der Waals surface area contributed by atoms with Crippen LogP contribution in [0.2, 0.25) is 0 Å². The third kappa shape index (κ3) is 4.53. The number of nitrogens with zero attached hydrogens (tertiary/aromatic N) is 4. The smallest absolute Gasteiger partial charge is 0.253 e. The van der Waals surface area contributed by atoms with Crippen LogP contribution in [-0.4, -0.2) is 53.2 Å². The van der Waals surface area contributed by atoms with Crippen molar-refractivity contribution < 1.29 is 18.7 Å². The van der Waals surface area contributed by atoms with E-state index < -0.39 is 0 Å². The lowest BCUT2D eigenvalue weighted by molar-refractivity contribution is 0.0790. The summed E-state index contributed by atoms with van der Waals surface area (Å²) in [6.45, 7) is 1.26. The third-order valence-corrected chi connectivity index (χ3v) is 5.08. The molecule has 0 aliphatic carbocycles. The van der Waals surface area contributed by atoms with E-state index in [-0.39, 0.29) is 5.91 Å². The van der Waals surface area contributed by atoms with Crippen LogP contribution < -0.4 is 9.47 Å². The number of likely N-dealkylation sites (N-methyl/N-ethyl adjacent to an activating group) is 1. The highest BCUT2D eigenvalue weighted by Crippen LogP contribution is 2.29. The summed E-state index contributed by atoms with van der Waals surface area (Å²) in [5.41, 5.74) is 2.85. The summed E-state index contributed by atoms with van der Waals surface area (Å²) in [6.07, 6.45) is 5.83. The van der Waals surface area contributed by atoms with Gasteiger partial charge < -0.3 is 23.4 Å². The molecule has 0 aliphatic rings. The molecule has 0 aliphatic heterocycles. The zero-order valence-corrected chi connectivity index (χ0v) is 17.7. The largest absolute Gasteiger partial charge is 0.493 e. The van der Waals surface area contributed by atoms with E-state index in [0.29, 0.717) is 53.6 Å². The molecule has 2 aromatic carbocycles. The first-order valence-electron chi connectivity index (χ1n) is 9.89. The van der Waals surface area contributed by atoms with Crippen LogP contribution in [0.1, 0.15) is 21.8 Å². The number of rotatable bonds is 8. The van der Waals surface area contributed by atoms with Crippen molar-refractivity contribution >= 4 is 17.0 Å². The lowest BCUT2D eigenvalue weighted by Gasteiger charge is -2.17. The first-order chi connectivity index (χ1) is 15.1. The molecular formula is C23H24N4O4. The zero-order chi connectivity index (χ0) is 21.8. The molecule has 8 heteroatoms. The summed E-state index contributed by atoms with van der Waals surface area (Å²) in [5.74, 6) is 1.83. The molecule has 2 aromatic heterocycles. The summed E-state index contributed by atoms with van der Waals surface area (Å²) < 4.78 is 18.5. The average molecular weight is 420 g/mol. The molecule has 160 valence electrons. The van der Waals surface area contributed by atoms with Gasteiger partial charge in [-0.1, -0.05) is 6.07 Å². The molecule has 8 nitrogen and oxygen atoms in total. The lowest BCUT2D eigenvalue weighted by atomic mass is 10.1. The molecule has 31 heavy (non-hydrogen) atoms. The van der Waals surface area contributed by atoms with Gasteiger partial charge in [0.1, 0.15) is 5.52 Å². The Morgan fingerprint density at radius 2 is 1.97 bits per heavy atom. The van der Waals surface area contributed by atoms with E-state index in [9.17, 15) is 4.79 Å². The van der Waals surface area contributed by atoms with Crippen molar-refractivity contribution in [3.8, 4) is 11.5 Å². The number of methoxy groups -OCH3 is 2. The summed E-state index contributed by atoms with van der Waals surface area (Å²) in [5, 5.41) is 0. The molecule has 4 aromatic rings. The van der Waals surface area contributed by atoms with E-state index in [2.05, 4.69) is 9.97 Å². The minimum atomic E-state index is -0.0696. The molecule has 0 unspecified atom stereocenters. The van der Waals surface area contributed by atoms with Crippen LogP contribution in [0.4, 0.5) is 0 Å². The van der Waals surface area contributed by atoms with Crippen molar-refractivity contribution in [2.24, 2.45) is 0 Å². The predicted molar refractivity (Wildman–Crippen MR) is 116 cm³/mol. The van der Waals surface area contributed by atoms with Gasteiger partial charge in [-0.2, -0.15) is 0 Å². The molecule has 0 bridgehead atoms. The fourth-order valence-electron chi connectivity index (χ4n) is 3.35. The molecule has 0 N–H and O–H groups in total. The van der Waals surface area contributed by atoms with Crippen molar-refractivity contribution in [1.82, 2.24) is 19.4 Å². The standard InChI is InChI=1S/C23H24N4O4/c1-26(10-11-27-9-8-24-15-27)23(28)17-5-6-18-20(14-17)31-22(25-18)13-16-4-7-19(29-2)21(12-16)30-3/h4-9,12,14-15H,10-11,13H2,1-3H3. The Balaban J connectivity index is 1.48. The van der Waals surface area contributed by atoms with Gasteiger partial charge in [-0.3, -0.25) is 4.79 Å². The van der Waals surface area contributed by atoms with Crippen LogP contribution in [0.5, 0.6) is 11.5 Å². The number of amides is 1. The maximum Gasteiger partial charge on any atom is 0.253 e. The molecule has 0 radical (unpaired) electrons. The van der Waals surface area contributed by atoms with Gasteiger partial charge >= 0.3 is 0 Å². The second-order valence-electron chi connectivity index (χ2n) is 7.18. The number of oxazole rings is 1. The number of fused-ring (bicyclic) bond motifs is 1. The van der Waals surface area contributed by atoms with Crippen LogP contribution in [-0.2, 0) is 13.0 Å². The van der Waals surface area contributed by atoms with Gasteiger partial charge in [0.2, 0.25) is 0 Å². The van der Waals surface area contributed by atoms with Crippen LogP contribution in [0, 0.1) is 0 Å². The monoisotopic (exact) mass is 420 g/mol. The SMILES string of the molecule is COc1ccc(Cc2nc3ccc(C(=O)N(C)CCn4ccnc4)cc3o2)cc1OC. The first-order valence-corrected chi connectivity index (χ1v) is 9.89. The van der Waals surface area contributed by atoms with Gasteiger partial charge in [0.05, 0.1) is 20.5 Å². The molecule has 4 rings (SSSR count). The number of hydrogen-bond acceptors (Lipinski definition) is 6. The number of aromatic nitrogens is 3. The van der Waals surface area contributed by atoms with Gasteiger partial charge in [-0.25, -0.2) is 9.97 Å². The van der Waals surface area contributed by atoms with Crippen LogP contribution in [0.3, 0.4) is 0 Å². The van der Waals surface area contributed by atoms with Crippen LogP contribution >= 0.6 is 0 Å². The quantitative estimate of drug-likeness (QED) is 0.434. The number of carbonyl (C=O) groups is 1. The summed E-state index contributed by atoms with van der Waals surface area (Å²) in [6, 6.07) is 11.0. The number of ether oxygens (including phenoxy) is 2. The Bertz CT molecular complexity index is 1180. The highest BCUT2D eigenvalue weighted by molar-refractivity contribution is 5.96. The fraction of sp³-hybridized carbons (Fsp3) is 0.261. The third-order valence-electron chi connectivity index (χ3n) is 5.08. The first kappa shape index (κ1) is 20.5. The summed E-state index contributed by atoms with van der Waals surface area (Å²) in [4.78, 5) is 23.0. The fourth-order valence-corrected chi connectivity index (χ4v) is 3.35. The van der Waals surface area contributed by atoms with E-state index in [4.69, 9.17) is 13.9 Å². The molecule has 1 amide bonds. The molecule has 0 spiro atoms. The molecule has 0 saturated heterocycles. The van der Waals surface area contributed by atoms with E-state index in [0.717, 1.165) is 5.56 Å². The van der Waals surface area contributed by atoms with Gasteiger partial charge in [0.25, 0.3) is 5.91 Å². The zero-order valence-electron chi connectivity index (χ0n) is 17.7. The molecule has 2 heterocycles.